The van der Waals surface area contributed by atoms with Gasteiger partial charge in [0.25, 0.3) is 0 Å². The average Bonchev–Trinajstić information content (AvgIpc) is 3.35. The minimum Gasteiger partial charge on any atom is -0.496 e. The van der Waals surface area contributed by atoms with E-state index in [1.54, 1.807) is 18.4 Å². The molecule has 0 saturated carbocycles. The molecule has 2 saturated heterocycles. The van der Waals surface area contributed by atoms with Gasteiger partial charge in [0, 0.05) is 43.5 Å². The predicted octanol–water partition coefficient (Wildman–Crippen LogP) is 3.70. The SMILES string of the molecule is COc1ccsc1CNCCC1(c2ccccn2)CCOC2(CCOC2)C1.N. The summed E-state index contributed by atoms with van der Waals surface area (Å²) in [5, 5.41) is 5.69. The summed E-state index contributed by atoms with van der Waals surface area (Å²) in [6.45, 7) is 4.06. The topological polar surface area (TPSA) is 87.6 Å². The Morgan fingerprint density at radius 1 is 1.25 bits per heavy atom. The van der Waals surface area contributed by atoms with Gasteiger partial charge in [-0.2, -0.15) is 0 Å². The van der Waals surface area contributed by atoms with E-state index in [-0.39, 0.29) is 17.2 Å². The van der Waals surface area contributed by atoms with Gasteiger partial charge >= 0.3 is 0 Å². The molecule has 2 aromatic rings. The van der Waals surface area contributed by atoms with Crippen LogP contribution < -0.4 is 16.2 Å². The van der Waals surface area contributed by atoms with Crippen LogP contribution in [0.5, 0.6) is 5.75 Å². The zero-order chi connectivity index (χ0) is 18.6. The summed E-state index contributed by atoms with van der Waals surface area (Å²) in [6.07, 6.45) is 5.94. The molecule has 4 rings (SSSR count). The van der Waals surface area contributed by atoms with E-state index in [2.05, 4.69) is 22.8 Å². The van der Waals surface area contributed by atoms with Crippen LogP contribution in [0.2, 0.25) is 0 Å². The number of methoxy groups -OCH3 is 1. The van der Waals surface area contributed by atoms with Gasteiger partial charge in [0.2, 0.25) is 0 Å². The maximum atomic E-state index is 6.21. The number of hydrogen-bond acceptors (Lipinski definition) is 7. The van der Waals surface area contributed by atoms with E-state index in [4.69, 9.17) is 19.2 Å². The normalized spacial score (nSPS) is 26.9. The van der Waals surface area contributed by atoms with Crippen LogP contribution in [-0.2, 0) is 21.4 Å². The number of pyridine rings is 1. The largest absolute Gasteiger partial charge is 0.496 e. The third-order valence-electron chi connectivity index (χ3n) is 5.92. The lowest BCUT2D eigenvalue weighted by Gasteiger charge is -2.45. The van der Waals surface area contributed by atoms with Crippen LogP contribution in [0.3, 0.4) is 0 Å². The molecule has 0 bridgehead atoms. The van der Waals surface area contributed by atoms with Crippen LogP contribution in [-0.4, -0.2) is 44.1 Å². The van der Waals surface area contributed by atoms with E-state index in [0.717, 1.165) is 57.7 Å². The molecule has 2 aromatic heterocycles. The molecule has 0 amide bonds. The fourth-order valence-corrected chi connectivity index (χ4v) is 5.28. The molecule has 0 aliphatic carbocycles. The van der Waals surface area contributed by atoms with Crippen molar-refractivity contribution in [2.75, 3.05) is 33.5 Å². The van der Waals surface area contributed by atoms with Crippen LogP contribution in [0.4, 0.5) is 0 Å². The van der Waals surface area contributed by atoms with Gasteiger partial charge < -0.3 is 25.7 Å². The lowest BCUT2D eigenvalue weighted by molar-refractivity contribution is -0.109. The van der Waals surface area contributed by atoms with E-state index in [1.165, 1.54) is 10.6 Å². The smallest absolute Gasteiger partial charge is 0.134 e. The van der Waals surface area contributed by atoms with E-state index in [9.17, 15) is 0 Å². The first-order chi connectivity index (χ1) is 13.3. The van der Waals surface area contributed by atoms with Crippen molar-refractivity contribution in [2.24, 2.45) is 0 Å². The van der Waals surface area contributed by atoms with Gasteiger partial charge in [-0.3, -0.25) is 4.98 Å². The second-order valence-corrected chi connectivity index (χ2v) is 8.60. The Hall–Kier alpha value is -1.51. The second-order valence-electron chi connectivity index (χ2n) is 7.60. The lowest BCUT2D eigenvalue weighted by Crippen LogP contribution is -2.49. The van der Waals surface area contributed by atoms with E-state index in [1.807, 2.05) is 18.3 Å². The molecular weight excluding hydrogens is 374 g/mol. The molecule has 4 N–H and O–H groups in total. The number of thiophene rings is 1. The molecule has 6 nitrogen and oxygen atoms in total. The summed E-state index contributed by atoms with van der Waals surface area (Å²) in [6, 6.07) is 8.30. The van der Waals surface area contributed by atoms with Crippen LogP contribution in [0, 0.1) is 0 Å². The fourth-order valence-electron chi connectivity index (χ4n) is 4.47. The molecule has 2 fully saturated rings. The number of ether oxygens (including phenoxy) is 3. The number of nitrogens with zero attached hydrogens (tertiary/aromatic N) is 1. The Morgan fingerprint density at radius 3 is 2.93 bits per heavy atom. The highest BCUT2D eigenvalue weighted by atomic mass is 32.1. The highest BCUT2D eigenvalue weighted by Crippen LogP contribution is 2.46. The Kier molecular flexibility index (Phi) is 7.06. The van der Waals surface area contributed by atoms with Crippen molar-refractivity contribution >= 4 is 11.3 Å². The average molecular weight is 406 g/mol. The van der Waals surface area contributed by atoms with Crippen LogP contribution in [0.15, 0.2) is 35.8 Å². The fraction of sp³-hybridized carbons (Fsp3) is 0.571. The molecule has 2 aliphatic rings. The van der Waals surface area contributed by atoms with Crippen molar-refractivity contribution in [3.8, 4) is 5.75 Å². The molecule has 0 radical (unpaired) electrons. The van der Waals surface area contributed by atoms with Crippen LogP contribution in [0.25, 0.3) is 0 Å². The van der Waals surface area contributed by atoms with Gasteiger partial charge in [0.05, 0.1) is 24.2 Å². The predicted molar refractivity (Wildman–Crippen MR) is 111 cm³/mol. The number of rotatable bonds is 7. The first-order valence-electron chi connectivity index (χ1n) is 9.70. The molecule has 1 spiro atoms. The number of aromatic nitrogens is 1. The lowest BCUT2D eigenvalue weighted by atomic mass is 9.68. The molecule has 2 atom stereocenters. The zero-order valence-corrected chi connectivity index (χ0v) is 17.4. The van der Waals surface area contributed by atoms with Crippen molar-refractivity contribution in [1.29, 1.82) is 0 Å². The van der Waals surface area contributed by atoms with Gasteiger partial charge in [0.15, 0.2) is 0 Å². The van der Waals surface area contributed by atoms with Crippen LogP contribution in [0.1, 0.15) is 36.3 Å². The first-order valence-corrected chi connectivity index (χ1v) is 10.6. The molecule has 2 aliphatic heterocycles. The van der Waals surface area contributed by atoms with E-state index >= 15 is 0 Å². The highest BCUT2D eigenvalue weighted by molar-refractivity contribution is 7.10. The summed E-state index contributed by atoms with van der Waals surface area (Å²) in [7, 11) is 1.73. The second kappa shape index (κ2) is 9.33. The van der Waals surface area contributed by atoms with Gasteiger partial charge in [-0.1, -0.05) is 6.07 Å². The molecular formula is C21H31N3O3S. The minimum absolute atomic E-state index is 0. The Balaban J connectivity index is 0.00000225. The quantitative estimate of drug-likeness (QED) is 0.683. The third-order valence-corrected chi connectivity index (χ3v) is 6.82. The van der Waals surface area contributed by atoms with E-state index in [0.29, 0.717) is 6.61 Å². The molecule has 2 unspecified atom stereocenters. The Labute approximate surface area is 171 Å². The summed E-state index contributed by atoms with van der Waals surface area (Å²) in [5.41, 5.74) is 1.10. The molecule has 28 heavy (non-hydrogen) atoms. The van der Waals surface area contributed by atoms with Crippen molar-refractivity contribution in [1.82, 2.24) is 16.5 Å². The maximum Gasteiger partial charge on any atom is 0.134 e. The Morgan fingerprint density at radius 2 is 2.18 bits per heavy atom. The van der Waals surface area contributed by atoms with Crippen LogP contribution >= 0.6 is 11.3 Å². The summed E-state index contributed by atoms with van der Waals surface area (Å²) < 4.78 is 17.3. The summed E-state index contributed by atoms with van der Waals surface area (Å²) >= 11 is 1.73. The zero-order valence-electron chi connectivity index (χ0n) is 16.6. The standard InChI is InChI=1S/C21H28N2O3S.H3N/c1-24-17-5-13-27-18(17)14-22-10-6-20(19-4-2-3-9-23-19)7-12-26-21(15-20)8-11-25-16-21;/h2-5,9,13,22H,6-8,10-12,14-16H2,1H3;1H3. The molecule has 4 heterocycles. The maximum absolute atomic E-state index is 6.21. The first kappa shape index (κ1) is 21.2. The van der Waals surface area contributed by atoms with Gasteiger partial charge in [-0.25, -0.2) is 0 Å². The molecule has 154 valence electrons. The number of nitrogens with one attached hydrogen (secondary N) is 1. The monoisotopic (exact) mass is 405 g/mol. The van der Waals surface area contributed by atoms with Gasteiger partial charge in [0.1, 0.15) is 5.75 Å². The van der Waals surface area contributed by atoms with Gasteiger partial charge in [-0.15, -0.1) is 11.3 Å². The minimum atomic E-state index is -0.132. The van der Waals surface area contributed by atoms with E-state index < -0.39 is 0 Å². The third kappa shape index (κ3) is 4.39. The Bertz CT molecular complexity index is 734. The van der Waals surface area contributed by atoms with Gasteiger partial charge in [-0.05, 0) is 49.4 Å². The highest BCUT2D eigenvalue weighted by Gasteiger charge is 2.49. The van der Waals surface area contributed by atoms with Crippen molar-refractivity contribution in [3.05, 3.63) is 46.4 Å². The molecule has 0 aromatic carbocycles. The summed E-state index contributed by atoms with van der Waals surface area (Å²) in [4.78, 5) is 5.99. The molecule has 7 heteroatoms. The van der Waals surface area contributed by atoms with Crippen molar-refractivity contribution < 1.29 is 14.2 Å². The summed E-state index contributed by atoms with van der Waals surface area (Å²) in [5.74, 6) is 0.972. The van der Waals surface area contributed by atoms with Crippen molar-refractivity contribution in [2.45, 2.75) is 43.2 Å². The number of hydrogen-bond donors (Lipinski definition) is 2. The van der Waals surface area contributed by atoms with Crippen molar-refractivity contribution in [3.63, 3.8) is 0 Å².